The molecule has 1 aliphatic heterocycles. The molecule has 4 aromatic rings. The zero-order chi connectivity index (χ0) is 31.6. The average Bonchev–Trinajstić information content (AvgIpc) is 3.80. The SMILES string of the molecule is COc1cc(C(=O)NC[C@](O)(c2cc3c(c(-c4cc(C)c(F)c(Cl)c4)n2)OC[C@]3(C)C(N)=O)C2CC2)cc2cc(Br)cnc12. The highest BCUT2D eigenvalue weighted by Gasteiger charge is 2.50. The Morgan fingerprint density at radius 2 is 2.02 bits per heavy atom. The minimum absolute atomic E-state index is 0.0307. The molecule has 9 nitrogen and oxygen atoms in total. The van der Waals surface area contributed by atoms with Gasteiger partial charge in [0.15, 0.2) is 0 Å². The molecule has 0 unspecified atom stereocenters. The molecule has 6 rings (SSSR count). The summed E-state index contributed by atoms with van der Waals surface area (Å²) in [5.74, 6) is -1.08. The number of aromatic nitrogens is 2. The molecule has 12 heteroatoms. The van der Waals surface area contributed by atoms with Crippen molar-refractivity contribution in [2.75, 3.05) is 20.3 Å². The molecule has 0 bridgehead atoms. The van der Waals surface area contributed by atoms with Crippen molar-refractivity contribution < 1.29 is 28.6 Å². The van der Waals surface area contributed by atoms with E-state index in [0.29, 0.717) is 57.5 Å². The lowest BCUT2D eigenvalue weighted by atomic mass is 9.81. The summed E-state index contributed by atoms with van der Waals surface area (Å²) in [6, 6.07) is 9.76. The van der Waals surface area contributed by atoms with Gasteiger partial charge in [-0.2, -0.15) is 0 Å². The molecule has 1 aliphatic carbocycles. The van der Waals surface area contributed by atoms with Crippen molar-refractivity contribution in [3.63, 3.8) is 0 Å². The van der Waals surface area contributed by atoms with E-state index < -0.39 is 28.6 Å². The fourth-order valence-electron chi connectivity index (χ4n) is 5.67. The predicted octanol–water partition coefficient (Wildman–Crippen LogP) is 5.33. The summed E-state index contributed by atoms with van der Waals surface area (Å²) in [6.45, 7) is 3.04. The number of ether oxygens (including phenoxy) is 2. The zero-order valence-electron chi connectivity index (χ0n) is 24.1. The number of aliphatic hydroxyl groups is 1. The summed E-state index contributed by atoms with van der Waals surface area (Å²) < 4.78 is 26.6. The van der Waals surface area contributed by atoms with Crippen LogP contribution in [-0.2, 0) is 15.8 Å². The van der Waals surface area contributed by atoms with Gasteiger partial charge in [-0.05, 0) is 90.5 Å². The Balaban J connectivity index is 1.42. The molecular weight excluding hydrogens is 655 g/mol. The van der Waals surface area contributed by atoms with Crippen molar-refractivity contribution >= 4 is 50.2 Å². The van der Waals surface area contributed by atoms with Crippen LogP contribution >= 0.6 is 27.5 Å². The molecule has 44 heavy (non-hydrogen) atoms. The van der Waals surface area contributed by atoms with Gasteiger partial charge in [-0.3, -0.25) is 14.6 Å². The summed E-state index contributed by atoms with van der Waals surface area (Å²) in [4.78, 5) is 35.3. The fourth-order valence-corrected chi connectivity index (χ4v) is 6.28. The minimum Gasteiger partial charge on any atom is -0.494 e. The summed E-state index contributed by atoms with van der Waals surface area (Å²) in [7, 11) is 1.50. The van der Waals surface area contributed by atoms with E-state index in [-0.39, 0.29) is 35.5 Å². The standard InChI is InChI=1S/C32H29BrClFN4O5/c1-15-6-16(9-22(34)25(15)35)27-28-21(31(2,14-44-28)30(36)41)11-24(39-27)32(42,19-4-5-19)13-38-29(40)18-7-17-8-20(33)12-37-26(17)23(10-18)43-3/h6-12,19,42H,4-5,13-14H2,1-3H3,(H2,36,41)(H,38,40)/t31-,32+/m0/s1. The van der Waals surface area contributed by atoms with Crippen molar-refractivity contribution in [1.82, 2.24) is 15.3 Å². The summed E-state index contributed by atoms with van der Waals surface area (Å²) >= 11 is 9.61. The predicted molar refractivity (Wildman–Crippen MR) is 166 cm³/mol. The molecule has 2 aromatic carbocycles. The highest BCUT2D eigenvalue weighted by molar-refractivity contribution is 9.10. The van der Waals surface area contributed by atoms with Crippen LogP contribution in [-0.4, -0.2) is 47.2 Å². The molecule has 3 heterocycles. The number of nitrogens with zero attached hydrogens (tertiary/aromatic N) is 2. The van der Waals surface area contributed by atoms with Gasteiger partial charge in [0.2, 0.25) is 5.91 Å². The van der Waals surface area contributed by atoms with Crippen LogP contribution < -0.4 is 20.5 Å². The van der Waals surface area contributed by atoms with Gasteiger partial charge in [0, 0.05) is 32.7 Å². The highest BCUT2D eigenvalue weighted by atomic mass is 79.9. The Morgan fingerprint density at radius 3 is 2.68 bits per heavy atom. The first kappa shape index (κ1) is 30.2. The first-order chi connectivity index (χ1) is 20.9. The Bertz CT molecular complexity index is 1850. The van der Waals surface area contributed by atoms with Crippen LogP contribution in [0.4, 0.5) is 4.39 Å². The van der Waals surface area contributed by atoms with E-state index in [1.54, 1.807) is 44.3 Å². The number of benzene rings is 2. The van der Waals surface area contributed by atoms with Crippen LogP contribution in [0.1, 0.15) is 46.9 Å². The number of primary amides is 1. The molecule has 0 spiro atoms. The maximum atomic E-state index is 14.4. The zero-order valence-corrected chi connectivity index (χ0v) is 26.5. The lowest BCUT2D eigenvalue weighted by Gasteiger charge is -2.30. The number of halogens is 3. The van der Waals surface area contributed by atoms with E-state index in [0.717, 1.165) is 4.47 Å². The van der Waals surface area contributed by atoms with Gasteiger partial charge in [0.1, 0.15) is 46.1 Å². The second-order valence-corrected chi connectivity index (χ2v) is 12.9. The number of rotatable bonds is 8. The van der Waals surface area contributed by atoms with Gasteiger partial charge in [-0.15, -0.1) is 0 Å². The molecule has 2 aliphatic rings. The van der Waals surface area contributed by atoms with Gasteiger partial charge >= 0.3 is 0 Å². The quantitative estimate of drug-likeness (QED) is 0.228. The van der Waals surface area contributed by atoms with Gasteiger partial charge in [0.05, 0.1) is 24.4 Å². The summed E-state index contributed by atoms with van der Waals surface area (Å²) in [5, 5.41) is 15.7. The number of nitrogens with one attached hydrogen (secondary N) is 1. The topological polar surface area (TPSA) is 137 Å². The van der Waals surface area contributed by atoms with Crippen LogP contribution in [0.25, 0.3) is 22.2 Å². The molecular formula is C32H29BrClFN4O5. The van der Waals surface area contributed by atoms with E-state index in [1.165, 1.54) is 13.2 Å². The molecule has 4 N–H and O–H groups in total. The average molecular weight is 684 g/mol. The maximum absolute atomic E-state index is 14.4. The number of aryl methyl sites for hydroxylation is 1. The monoisotopic (exact) mass is 682 g/mol. The highest BCUT2D eigenvalue weighted by Crippen LogP contribution is 2.50. The molecule has 1 saturated carbocycles. The maximum Gasteiger partial charge on any atom is 0.251 e. The summed E-state index contributed by atoms with van der Waals surface area (Å²) in [6.07, 6.45) is 3.05. The van der Waals surface area contributed by atoms with E-state index in [9.17, 15) is 19.1 Å². The number of hydrogen-bond donors (Lipinski definition) is 3. The van der Waals surface area contributed by atoms with Gasteiger partial charge in [-0.25, -0.2) is 9.37 Å². The van der Waals surface area contributed by atoms with Crippen LogP contribution in [0.15, 0.2) is 47.1 Å². The molecule has 1 fully saturated rings. The van der Waals surface area contributed by atoms with Crippen molar-refractivity contribution in [2.45, 2.75) is 37.7 Å². The third-order valence-corrected chi connectivity index (χ3v) is 9.22. The minimum atomic E-state index is -1.61. The lowest BCUT2D eigenvalue weighted by molar-refractivity contribution is -0.123. The largest absolute Gasteiger partial charge is 0.494 e. The smallest absolute Gasteiger partial charge is 0.251 e. The van der Waals surface area contributed by atoms with Gasteiger partial charge in [-0.1, -0.05) is 11.6 Å². The van der Waals surface area contributed by atoms with Crippen LogP contribution in [0.2, 0.25) is 5.02 Å². The number of carbonyl (C=O) groups excluding carboxylic acids is 2. The Morgan fingerprint density at radius 1 is 1.27 bits per heavy atom. The Labute approximate surface area is 266 Å². The number of hydrogen-bond acceptors (Lipinski definition) is 7. The molecule has 0 radical (unpaired) electrons. The molecule has 2 atom stereocenters. The first-order valence-corrected chi connectivity index (χ1v) is 15.1. The van der Waals surface area contributed by atoms with Crippen LogP contribution in [0.5, 0.6) is 11.5 Å². The number of amides is 2. The van der Waals surface area contributed by atoms with E-state index in [2.05, 4.69) is 26.2 Å². The fraction of sp³-hybridized carbons (Fsp3) is 0.312. The number of methoxy groups -OCH3 is 1. The van der Waals surface area contributed by atoms with Crippen molar-refractivity contribution in [2.24, 2.45) is 11.7 Å². The lowest BCUT2D eigenvalue weighted by Crippen LogP contribution is -2.44. The third kappa shape index (κ3) is 5.06. The number of carbonyl (C=O) groups is 2. The van der Waals surface area contributed by atoms with Crippen molar-refractivity contribution in [1.29, 1.82) is 0 Å². The van der Waals surface area contributed by atoms with E-state index in [1.807, 2.05) is 6.07 Å². The van der Waals surface area contributed by atoms with E-state index >= 15 is 0 Å². The van der Waals surface area contributed by atoms with Gasteiger partial charge < -0.3 is 25.6 Å². The normalized spacial score (nSPS) is 18.8. The molecule has 2 aromatic heterocycles. The van der Waals surface area contributed by atoms with Gasteiger partial charge in [0.25, 0.3) is 5.91 Å². The van der Waals surface area contributed by atoms with Crippen molar-refractivity contribution in [3.8, 4) is 22.8 Å². The Kier molecular flexibility index (Phi) is 7.54. The number of pyridine rings is 2. The Hall–Kier alpha value is -3.80. The molecule has 228 valence electrons. The van der Waals surface area contributed by atoms with Crippen LogP contribution in [0.3, 0.4) is 0 Å². The van der Waals surface area contributed by atoms with E-state index in [4.69, 9.17) is 31.8 Å². The number of fused-ring (bicyclic) bond motifs is 2. The first-order valence-electron chi connectivity index (χ1n) is 13.9. The van der Waals surface area contributed by atoms with Crippen molar-refractivity contribution in [3.05, 3.63) is 80.3 Å². The summed E-state index contributed by atoms with van der Waals surface area (Å²) in [5.41, 5.74) is 5.64. The third-order valence-electron chi connectivity index (χ3n) is 8.51. The molecule has 2 amide bonds. The number of nitrogens with two attached hydrogens (primary N) is 1. The second kappa shape index (κ2) is 11.0. The van der Waals surface area contributed by atoms with Crippen LogP contribution in [0, 0.1) is 18.7 Å². The second-order valence-electron chi connectivity index (χ2n) is 11.6. The molecule has 0 saturated heterocycles.